The minimum atomic E-state index is -0.496. The Morgan fingerprint density at radius 1 is 1.40 bits per heavy atom. The lowest BCUT2D eigenvalue weighted by Gasteiger charge is -2.56. The van der Waals surface area contributed by atoms with Crippen LogP contribution in [0.5, 0.6) is 0 Å². The van der Waals surface area contributed by atoms with Gasteiger partial charge in [-0.15, -0.1) is 0 Å². The number of pyridine rings is 1. The number of carbonyl (C=O) groups excluding carboxylic acids is 1. The Morgan fingerprint density at radius 2 is 2.08 bits per heavy atom. The average Bonchev–Trinajstić information content (AvgIpc) is 2.60. The first-order valence-electron chi connectivity index (χ1n) is 9.07. The molecular weight excluding hydrogens is 318 g/mol. The van der Waals surface area contributed by atoms with Crippen LogP contribution in [0.4, 0.5) is 0 Å². The summed E-state index contributed by atoms with van der Waals surface area (Å²) in [6.45, 7) is 4.91. The number of hydrogen-bond donors (Lipinski definition) is 1. The molecule has 2 heterocycles. The Bertz CT molecular complexity index is 608. The van der Waals surface area contributed by atoms with E-state index in [9.17, 15) is 4.79 Å². The summed E-state index contributed by atoms with van der Waals surface area (Å²) in [5, 5.41) is 0. The van der Waals surface area contributed by atoms with E-state index in [2.05, 4.69) is 16.8 Å². The summed E-state index contributed by atoms with van der Waals surface area (Å²) in [5.74, 6) is 0.268. The molecule has 1 amide bonds. The highest BCUT2D eigenvalue weighted by Crippen LogP contribution is 2.51. The highest BCUT2D eigenvalue weighted by molar-refractivity contribution is 5.90. The summed E-state index contributed by atoms with van der Waals surface area (Å²) in [6, 6.07) is 4.20. The van der Waals surface area contributed by atoms with E-state index >= 15 is 0 Å². The van der Waals surface area contributed by atoms with Crippen molar-refractivity contribution in [1.29, 1.82) is 0 Å². The molecule has 1 saturated heterocycles. The summed E-state index contributed by atoms with van der Waals surface area (Å²) in [6.07, 6.45) is 5.14. The van der Waals surface area contributed by atoms with E-state index in [1.165, 1.54) is 6.42 Å². The first-order chi connectivity index (χ1) is 12.0. The van der Waals surface area contributed by atoms with Gasteiger partial charge in [-0.3, -0.25) is 14.7 Å². The van der Waals surface area contributed by atoms with Gasteiger partial charge in [-0.05, 0) is 37.5 Å². The molecule has 6 heteroatoms. The molecule has 6 nitrogen and oxygen atoms in total. The van der Waals surface area contributed by atoms with Gasteiger partial charge in [0.1, 0.15) is 11.3 Å². The van der Waals surface area contributed by atoms with E-state index in [0.717, 1.165) is 38.1 Å². The number of fused-ring (bicyclic) bond motifs is 2. The second-order valence-corrected chi connectivity index (χ2v) is 7.37. The molecule has 1 aromatic rings. The predicted octanol–water partition coefficient (Wildman–Crippen LogP) is 1.79. The Balaban J connectivity index is 1.96. The molecule has 0 aromatic carbocycles. The van der Waals surface area contributed by atoms with Crippen molar-refractivity contribution in [1.82, 2.24) is 9.88 Å². The topological polar surface area (TPSA) is 77.7 Å². The fourth-order valence-corrected chi connectivity index (χ4v) is 4.90. The minimum Gasteiger partial charge on any atom is -0.383 e. The molecule has 4 atom stereocenters. The number of likely N-dealkylation sites (tertiary alicyclic amines) is 1. The van der Waals surface area contributed by atoms with Crippen molar-refractivity contribution in [2.75, 3.05) is 33.9 Å². The third-order valence-corrected chi connectivity index (χ3v) is 6.06. The average molecular weight is 347 g/mol. The molecule has 25 heavy (non-hydrogen) atoms. The second kappa shape index (κ2) is 7.40. The van der Waals surface area contributed by atoms with Crippen LogP contribution in [0.25, 0.3) is 0 Å². The van der Waals surface area contributed by atoms with E-state index in [1.54, 1.807) is 20.4 Å². The summed E-state index contributed by atoms with van der Waals surface area (Å²) in [4.78, 5) is 18.2. The lowest BCUT2D eigenvalue weighted by molar-refractivity contribution is -0.175. The van der Waals surface area contributed by atoms with Crippen molar-refractivity contribution >= 4 is 5.91 Å². The molecule has 0 spiro atoms. The summed E-state index contributed by atoms with van der Waals surface area (Å²) < 4.78 is 11.6. The lowest BCUT2D eigenvalue weighted by atomic mass is 9.62. The molecule has 138 valence electrons. The Labute approximate surface area is 149 Å². The fraction of sp³-hybridized carbons (Fsp3) is 0.684. The Morgan fingerprint density at radius 3 is 2.64 bits per heavy atom. The molecule has 0 radical (unpaired) electrons. The largest absolute Gasteiger partial charge is 0.383 e. The van der Waals surface area contributed by atoms with E-state index in [4.69, 9.17) is 15.2 Å². The SMILES string of the molecule is COC[C@@H](C)N1C[C@H]2CCC[C@@H](C1)[C@]2(OC)c1ccnc(C(N)=O)c1. The molecule has 2 aliphatic rings. The summed E-state index contributed by atoms with van der Waals surface area (Å²) in [7, 11) is 3.55. The molecule has 3 rings (SSSR count). The number of nitrogens with zero attached hydrogens (tertiary/aromatic N) is 2. The van der Waals surface area contributed by atoms with Crippen LogP contribution in [0, 0.1) is 11.8 Å². The van der Waals surface area contributed by atoms with Crippen molar-refractivity contribution in [3.8, 4) is 0 Å². The number of primary amides is 1. The van der Waals surface area contributed by atoms with Crippen LogP contribution >= 0.6 is 0 Å². The Hall–Kier alpha value is -1.50. The smallest absolute Gasteiger partial charge is 0.267 e. The highest BCUT2D eigenvalue weighted by atomic mass is 16.5. The van der Waals surface area contributed by atoms with E-state index in [0.29, 0.717) is 23.6 Å². The molecule has 1 aliphatic carbocycles. The maximum atomic E-state index is 11.6. The molecule has 2 N–H and O–H groups in total. The van der Waals surface area contributed by atoms with Gasteiger partial charge in [0.25, 0.3) is 5.91 Å². The van der Waals surface area contributed by atoms with Crippen LogP contribution in [0.1, 0.15) is 42.2 Å². The molecule has 0 unspecified atom stereocenters. The van der Waals surface area contributed by atoms with E-state index in [1.807, 2.05) is 12.1 Å². The van der Waals surface area contributed by atoms with Crippen LogP contribution in [-0.2, 0) is 15.1 Å². The normalized spacial score (nSPS) is 30.8. The fourth-order valence-electron chi connectivity index (χ4n) is 4.90. The first-order valence-corrected chi connectivity index (χ1v) is 9.07. The predicted molar refractivity (Wildman–Crippen MR) is 95.2 cm³/mol. The first kappa shape index (κ1) is 18.3. The quantitative estimate of drug-likeness (QED) is 0.849. The number of aromatic nitrogens is 1. The van der Waals surface area contributed by atoms with Crippen molar-refractivity contribution in [2.24, 2.45) is 17.6 Å². The van der Waals surface area contributed by atoms with Crippen molar-refractivity contribution in [2.45, 2.75) is 37.8 Å². The third kappa shape index (κ3) is 3.18. The van der Waals surface area contributed by atoms with Crippen LogP contribution in [0.2, 0.25) is 0 Å². The molecule has 2 fully saturated rings. The van der Waals surface area contributed by atoms with E-state index < -0.39 is 5.91 Å². The van der Waals surface area contributed by atoms with Gasteiger partial charge in [-0.1, -0.05) is 6.42 Å². The summed E-state index contributed by atoms with van der Waals surface area (Å²) >= 11 is 0. The number of rotatable bonds is 6. The van der Waals surface area contributed by atoms with Crippen LogP contribution in [0.15, 0.2) is 18.3 Å². The zero-order chi connectivity index (χ0) is 18.0. The van der Waals surface area contributed by atoms with Crippen LogP contribution < -0.4 is 5.73 Å². The van der Waals surface area contributed by atoms with Crippen molar-refractivity contribution in [3.05, 3.63) is 29.6 Å². The zero-order valence-corrected chi connectivity index (χ0v) is 15.4. The van der Waals surface area contributed by atoms with Gasteiger partial charge in [0, 0.05) is 51.4 Å². The van der Waals surface area contributed by atoms with E-state index in [-0.39, 0.29) is 5.60 Å². The van der Waals surface area contributed by atoms with Gasteiger partial charge in [-0.25, -0.2) is 0 Å². The molecule has 1 aliphatic heterocycles. The Kier molecular flexibility index (Phi) is 5.41. The monoisotopic (exact) mass is 347 g/mol. The number of piperidine rings is 1. The van der Waals surface area contributed by atoms with Crippen molar-refractivity contribution in [3.63, 3.8) is 0 Å². The number of hydrogen-bond acceptors (Lipinski definition) is 5. The zero-order valence-electron chi connectivity index (χ0n) is 15.4. The highest BCUT2D eigenvalue weighted by Gasteiger charge is 2.53. The van der Waals surface area contributed by atoms with Gasteiger partial charge in [0.15, 0.2) is 0 Å². The number of methoxy groups -OCH3 is 2. The molecule has 2 bridgehead atoms. The second-order valence-electron chi connectivity index (χ2n) is 7.37. The number of amides is 1. The van der Waals surface area contributed by atoms with Gasteiger partial charge in [0.05, 0.1) is 6.61 Å². The minimum absolute atomic E-state index is 0.308. The van der Waals surface area contributed by atoms with Gasteiger partial charge < -0.3 is 15.2 Å². The number of carbonyl (C=O) groups is 1. The summed E-state index contributed by atoms with van der Waals surface area (Å²) in [5.41, 5.74) is 6.42. The number of ether oxygens (including phenoxy) is 2. The number of nitrogens with two attached hydrogens (primary N) is 1. The van der Waals surface area contributed by atoms with Crippen molar-refractivity contribution < 1.29 is 14.3 Å². The third-order valence-electron chi connectivity index (χ3n) is 6.06. The van der Waals surface area contributed by atoms with Crippen LogP contribution in [-0.4, -0.2) is 55.7 Å². The molecule has 1 saturated carbocycles. The van der Waals surface area contributed by atoms with Crippen LogP contribution in [0.3, 0.4) is 0 Å². The maximum Gasteiger partial charge on any atom is 0.267 e. The molecular formula is C19H29N3O3. The molecule has 1 aromatic heterocycles. The lowest BCUT2D eigenvalue weighted by Crippen LogP contribution is -2.61. The van der Waals surface area contributed by atoms with Gasteiger partial charge in [-0.2, -0.15) is 0 Å². The standard InChI is InChI=1S/C19H29N3O3/c1-13(12-24-2)22-10-15-5-4-6-16(11-22)19(15,25-3)14-7-8-21-17(9-14)18(20)23/h7-9,13,15-16H,4-6,10-12H2,1-3H3,(H2,20,23)/t13-,15-,16+,19+/m1/s1. The maximum absolute atomic E-state index is 11.6. The van der Waals surface area contributed by atoms with Gasteiger partial charge in [0.2, 0.25) is 0 Å². The van der Waals surface area contributed by atoms with Gasteiger partial charge >= 0.3 is 0 Å².